The molecule has 2 fully saturated rings. The molecule has 6 rings (SSSR count). The molecule has 2 aromatic rings. The first kappa shape index (κ1) is 28.1. The molecule has 4 heterocycles. The molecule has 2 saturated heterocycles. The third-order valence-corrected chi connectivity index (χ3v) is 12.2. The van der Waals surface area contributed by atoms with E-state index in [4.69, 9.17) is 4.74 Å². The standard InChI is InChI=1S/C31H38FN3O5Si/c1-19-29(41(3,4)32)26(17-28(38)34-15-7-9-22(34)18-36)40-31(19)23-16-21(12-13-25(23)33(2)30(31)39)35-24-10-6-5-8-20(24)11-14-27(35)37/h5-6,8,10,12-13,16,19,22,26,29,36H,7,9,11,14-15,17-18H2,1-4H3/t19-,22-,26+,29-,31+/m0/s1. The van der Waals surface area contributed by atoms with Crippen molar-refractivity contribution in [2.45, 2.75) is 75.4 Å². The highest BCUT2D eigenvalue weighted by Crippen LogP contribution is 2.60. The zero-order valence-corrected chi connectivity index (χ0v) is 25.1. The fourth-order valence-electron chi connectivity index (χ4n) is 7.83. The average Bonchev–Trinajstić information content (AvgIpc) is 3.59. The number of amides is 3. The summed E-state index contributed by atoms with van der Waals surface area (Å²) in [5.41, 5.74) is 1.73. The summed E-state index contributed by atoms with van der Waals surface area (Å²) in [6.45, 7) is 5.54. The molecule has 0 unspecified atom stereocenters. The summed E-state index contributed by atoms with van der Waals surface area (Å²) in [4.78, 5) is 45.7. The second-order valence-electron chi connectivity index (χ2n) is 12.5. The summed E-state index contributed by atoms with van der Waals surface area (Å²) in [5.74, 6) is -1.02. The number of aryl methyl sites for hydroxylation is 1. The molecule has 0 bridgehead atoms. The van der Waals surface area contributed by atoms with Gasteiger partial charge in [-0.2, -0.15) is 0 Å². The highest BCUT2D eigenvalue weighted by atomic mass is 28.4. The first-order valence-corrected chi connectivity index (χ1v) is 17.5. The topological polar surface area (TPSA) is 90.4 Å². The number of fused-ring (bicyclic) bond motifs is 3. The Morgan fingerprint density at radius 1 is 1.15 bits per heavy atom. The lowest BCUT2D eigenvalue weighted by molar-refractivity contribution is -0.149. The van der Waals surface area contributed by atoms with Gasteiger partial charge in [0.05, 0.1) is 36.5 Å². The van der Waals surface area contributed by atoms with E-state index in [1.165, 1.54) is 0 Å². The molecule has 0 aromatic heterocycles. The molecule has 4 aliphatic heterocycles. The van der Waals surface area contributed by atoms with E-state index in [-0.39, 0.29) is 36.8 Å². The number of hydrogen-bond donors (Lipinski definition) is 1. The lowest BCUT2D eigenvalue weighted by Gasteiger charge is -2.32. The Labute approximate surface area is 241 Å². The van der Waals surface area contributed by atoms with Crippen LogP contribution in [0, 0.1) is 5.92 Å². The van der Waals surface area contributed by atoms with Gasteiger partial charge < -0.3 is 23.8 Å². The van der Waals surface area contributed by atoms with Crippen LogP contribution in [0.5, 0.6) is 0 Å². The quantitative estimate of drug-likeness (QED) is 0.418. The van der Waals surface area contributed by atoms with Crippen molar-refractivity contribution in [1.82, 2.24) is 4.90 Å². The number of rotatable bonds is 5. The molecule has 0 aliphatic carbocycles. The van der Waals surface area contributed by atoms with Crippen molar-refractivity contribution < 1.29 is 28.3 Å². The minimum absolute atomic E-state index is 0.0292. The van der Waals surface area contributed by atoms with Gasteiger partial charge in [0, 0.05) is 42.7 Å². The summed E-state index contributed by atoms with van der Waals surface area (Å²) in [6.07, 6.45) is 1.77. The van der Waals surface area contributed by atoms with Crippen LogP contribution in [0.25, 0.3) is 0 Å². The van der Waals surface area contributed by atoms with Gasteiger partial charge in [0.25, 0.3) is 5.91 Å². The molecule has 4 aliphatic rings. The van der Waals surface area contributed by atoms with Gasteiger partial charge in [-0.3, -0.25) is 19.3 Å². The van der Waals surface area contributed by atoms with E-state index in [2.05, 4.69) is 0 Å². The summed E-state index contributed by atoms with van der Waals surface area (Å²) in [6, 6.07) is 13.1. The van der Waals surface area contributed by atoms with Crippen molar-refractivity contribution in [2.24, 2.45) is 5.92 Å². The molecule has 1 N–H and O–H groups in total. The van der Waals surface area contributed by atoms with Gasteiger partial charge in [0.1, 0.15) is 0 Å². The minimum Gasteiger partial charge on any atom is -0.394 e. The fraction of sp³-hybridized carbons (Fsp3) is 0.516. The van der Waals surface area contributed by atoms with E-state index in [9.17, 15) is 19.5 Å². The number of carbonyl (C=O) groups excluding carboxylic acids is 3. The average molecular weight is 580 g/mol. The number of hydrogen-bond acceptors (Lipinski definition) is 5. The molecule has 1 spiro atoms. The second-order valence-corrected chi connectivity index (χ2v) is 16.3. The number of anilines is 3. The molecule has 218 valence electrons. The van der Waals surface area contributed by atoms with E-state index < -0.39 is 31.6 Å². The number of aliphatic hydroxyl groups excluding tert-OH is 1. The predicted molar refractivity (Wildman–Crippen MR) is 156 cm³/mol. The van der Waals surface area contributed by atoms with Crippen molar-refractivity contribution in [3.05, 3.63) is 53.6 Å². The first-order valence-electron chi connectivity index (χ1n) is 14.6. The van der Waals surface area contributed by atoms with Gasteiger partial charge in [-0.15, -0.1) is 0 Å². The van der Waals surface area contributed by atoms with Crippen molar-refractivity contribution in [2.75, 3.05) is 30.0 Å². The molecule has 2 aromatic carbocycles. The molecular weight excluding hydrogens is 541 g/mol. The number of carbonyl (C=O) groups is 3. The molecule has 5 atom stereocenters. The van der Waals surface area contributed by atoms with Crippen molar-refractivity contribution in [1.29, 1.82) is 0 Å². The van der Waals surface area contributed by atoms with Crippen LogP contribution >= 0.6 is 0 Å². The van der Waals surface area contributed by atoms with Gasteiger partial charge in [0.2, 0.25) is 20.2 Å². The Morgan fingerprint density at radius 2 is 1.90 bits per heavy atom. The van der Waals surface area contributed by atoms with Crippen LogP contribution in [0.1, 0.15) is 43.7 Å². The second kappa shape index (κ2) is 10.0. The van der Waals surface area contributed by atoms with Crippen LogP contribution in [0.3, 0.4) is 0 Å². The lowest BCUT2D eigenvalue weighted by atomic mass is 9.82. The Balaban J connectivity index is 1.42. The number of halogens is 1. The Kier molecular flexibility index (Phi) is 6.86. The van der Waals surface area contributed by atoms with Gasteiger partial charge in [-0.1, -0.05) is 25.1 Å². The zero-order valence-electron chi connectivity index (χ0n) is 24.1. The van der Waals surface area contributed by atoms with Gasteiger partial charge in [-0.05, 0) is 62.2 Å². The van der Waals surface area contributed by atoms with Crippen molar-refractivity contribution in [3.63, 3.8) is 0 Å². The van der Waals surface area contributed by atoms with Crippen LogP contribution in [-0.2, 0) is 31.1 Å². The maximum Gasteiger partial charge on any atom is 0.264 e. The van der Waals surface area contributed by atoms with Crippen LogP contribution in [0.4, 0.5) is 21.2 Å². The van der Waals surface area contributed by atoms with E-state index in [0.717, 1.165) is 24.1 Å². The van der Waals surface area contributed by atoms with E-state index in [0.29, 0.717) is 36.3 Å². The molecule has 3 amide bonds. The molecule has 0 saturated carbocycles. The summed E-state index contributed by atoms with van der Waals surface area (Å²) < 4.78 is 22.8. The highest BCUT2D eigenvalue weighted by Gasteiger charge is 2.66. The maximum absolute atomic E-state index is 16.1. The van der Waals surface area contributed by atoms with Crippen LogP contribution < -0.4 is 9.80 Å². The maximum atomic E-state index is 16.1. The van der Waals surface area contributed by atoms with Crippen LogP contribution in [0.15, 0.2) is 42.5 Å². The molecule has 10 heteroatoms. The van der Waals surface area contributed by atoms with E-state index in [1.54, 1.807) is 34.8 Å². The van der Waals surface area contributed by atoms with E-state index in [1.807, 2.05) is 49.4 Å². The summed E-state index contributed by atoms with van der Waals surface area (Å²) in [7, 11) is -1.74. The van der Waals surface area contributed by atoms with Gasteiger partial charge in [0.15, 0.2) is 5.60 Å². The number of nitrogens with zero attached hydrogens (tertiary/aromatic N) is 3. The Hall–Kier alpha value is -3.08. The van der Waals surface area contributed by atoms with Crippen molar-refractivity contribution >= 4 is 43.2 Å². The number of likely N-dealkylation sites (N-methyl/N-ethyl adjacent to an activating group) is 1. The smallest absolute Gasteiger partial charge is 0.264 e. The van der Waals surface area contributed by atoms with Crippen LogP contribution in [0.2, 0.25) is 18.6 Å². The minimum atomic E-state index is -3.43. The van der Waals surface area contributed by atoms with Gasteiger partial charge in [-0.25, -0.2) is 0 Å². The largest absolute Gasteiger partial charge is 0.394 e. The molecule has 41 heavy (non-hydrogen) atoms. The van der Waals surface area contributed by atoms with E-state index >= 15 is 4.11 Å². The van der Waals surface area contributed by atoms with Crippen molar-refractivity contribution in [3.8, 4) is 0 Å². The predicted octanol–water partition coefficient (Wildman–Crippen LogP) is 4.42. The summed E-state index contributed by atoms with van der Waals surface area (Å²) >= 11 is 0. The fourth-order valence-corrected chi connectivity index (χ4v) is 10.3. The SMILES string of the molecule is C[C@H]1[C@H]([Si](C)(C)F)[C@@H](CC(=O)N2CCC[C@H]2CO)O[C@]12C(=O)N(C)c1ccc(N3C(=O)CCc4ccccc43)cc12. The van der Waals surface area contributed by atoms with Crippen LogP contribution in [-0.4, -0.2) is 68.5 Å². The Bertz CT molecular complexity index is 1410. The normalized spacial score (nSPS) is 29.5. The number of para-hydroxylation sites is 1. The zero-order chi connectivity index (χ0) is 29.3. The Morgan fingerprint density at radius 3 is 2.63 bits per heavy atom. The number of aliphatic hydroxyl groups is 1. The highest BCUT2D eigenvalue weighted by molar-refractivity contribution is 6.72. The third kappa shape index (κ3) is 4.25. The lowest BCUT2D eigenvalue weighted by Crippen LogP contribution is -2.44. The number of ether oxygens (including phenoxy) is 1. The molecular formula is C31H38FN3O5Si. The number of benzene rings is 2. The molecule has 8 nitrogen and oxygen atoms in total. The molecule has 0 radical (unpaired) electrons. The third-order valence-electron chi connectivity index (χ3n) is 9.71. The van der Waals surface area contributed by atoms with Gasteiger partial charge >= 0.3 is 0 Å². The number of likely N-dealkylation sites (tertiary alicyclic amines) is 1. The summed E-state index contributed by atoms with van der Waals surface area (Å²) in [5, 5.41) is 9.77. The first-order chi connectivity index (χ1) is 19.5. The monoisotopic (exact) mass is 579 g/mol.